The van der Waals surface area contributed by atoms with Crippen LogP contribution in [-0.2, 0) is 6.42 Å². The van der Waals surface area contributed by atoms with Gasteiger partial charge >= 0.3 is 0 Å². The Kier molecular flexibility index (Phi) is 3.87. The summed E-state index contributed by atoms with van der Waals surface area (Å²) in [5, 5.41) is 0. The maximum Gasteiger partial charge on any atom is 0.118 e. The van der Waals surface area contributed by atoms with Gasteiger partial charge in [-0.3, -0.25) is 0 Å². The number of methoxy groups -OCH3 is 1. The number of ether oxygens (including phenoxy) is 1. The predicted molar refractivity (Wildman–Crippen MR) is 83.2 cm³/mol. The highest BCUT2D eigenvalue weighted by molar-refractivity contribution is 5.37. The monoisotopic (exact) mass is 264 g/mol. The smallest absolute Gasteiger partial charge is 0.118 e. The lowest BCUT2D eigenvalue weighted by Crippen LogP contribution is -2.01. The van der Waals surface area contributed by atoms with Gasteiger partial charge in [0.15, 0.2) is 0 Å². The second kappa shape index (κ2) is 5.96. The minimum atomic E-state index is 0.596. The van der Waals surface area contributed by atoms with Gasteiger partial charge < -0.3 is 4.74 Å². The lowest BCUT2D eigenvalue weighted by atomic mass is 9.89. The molecule has 0 spiro atoms. The molecule has 1 aliphatic rings. The summed E-state index contributed by atoms with van der Waals surface area (Å²) in [4.78, 5) is 0. The molecule has 0 saturated heterocycles. The zero-order valence-corrected chi connectivity index (χ0v) is 11.9. The van der Waals surface area contributed by atoms with E-state index in [1.807, 2.05) is 12.1 Å². The van der Waals surface area contributed by atoms with Crippen molar-refractivity contribution in [1.82, 2.24) is 0 Å². The standard InChI is InChI=1S/C19H20O/c1-20-18-12-10-15(11-13-18)14-17-8-5-9-19(17)16-6-3-2-4-7-16/h2-4,6-8,10-13,19H,5,9,14H2,1H3. The van der Waals surface area contributed by atoms with E-state index < -0.39 is 0 Å². The quantitative estimate of drug-likeness (QED) is 0.725. The Hall–Kier alpha value is -2.02. The van der Waals surface area contributed by atoms with Gasteiger partial charge in [-0.05, 0) is 42.5 Å². The minimum Gasteiger partial charge on any atom is -0.497 e. The van der Waals surface area contributed by atoms with Crippen LogP contribution in [0.2, 0.25) is 0 Å². The van der Waals surface area contributed by atoms with Gasteiger partial charge in [-0.2, -0.15) is 0 Å². The van der Waals surface area contributed by atoms with E-state index in [2.05, 4.69) is 48.5 Å². The molecule has 102 valence electrons. The van der Waals surface area contributed by atoms with Crippen LogP contribution in [0.3, 0.4) is 0 Å². The zero-order chi connectivity index (χ0) is 13.8. The molecule has 0 amide bonds. The Morgan fingerprint density at radius 3 is 2.45 bits per heavy atom. The maximum atomic E-state index is 5.21. The van der Waals surface area contributed by atoms with Gasteiger partial charge in [0.25, 0.3) is 0 Å². The van der Waals surface area contributed by atoms with Crippen LogP contribution in [0.4, 0.5) is 0 Å². The first-order valence-electron chi connectivity index (χ1n) is 7.23. The van der Waals surface area contributed by atoms with Gasteiger partial charge in [-0.25, -0.2) is 0 Å². The van der Waals surface area contributed by atoms with E-state index in [-0.39, 0.29) is 0 Å². The number of benzene rings is 2. The second-order valence-electron chi connectivity index (χ2n) is 5.34. The molecule has 2 aromatic carbocycles. The summed E-state index contributed by atoms with van der Waals surface area (Å²) < 4.78 is 5.21. The van der Waals surface area contributed by atoms with E-state index in [4.69, 9.17) is 4.74 Å². The second-order valence-corrected chi connectivity index (χ2v) is 5.34. The summed E-state index contributed by atoms with van der Waals surface area (Å²) in [6.07, 6.45) is 5.91. The Labute approximate surface area is 120 Å². The fourth-order valence-corrected chi connectivity index (χ4v) is 3.00. The molecule has 1 heteroatoms. The van der Waals surface area contributed by atoms with Crippen molar-refractivity contribution in [2.45, 2.75) is 25.2 Å². The molecular weight excluding hydrogens is 244 g/mol. The fourth-order valence-electron chi connectivity index (χ4n) is 3.00. The zero-order valence-electron chi connectivity index (χ0n) is 11.9. The van der Waals surface area contributed by atoms with Crippen LogP contribution >= 0.6 is 0 Å². The van der Waals surface area contributed by atoms with Gasteiger partial charge in [0.2, 0.25) is 0 Å². The first kappa shape index (κ1) is 13.0. The van der Waals surface area contributed by atoms with Crippen molar-refractivity contribution in [3.05, 3.63) is 77.4 Å². The Balaban J connectivity index is 1.76. The molecule has 0 bridgehead atoms. The summed E-state index contributed by atoms with van der Waals surface area (Å²) in [7, 11) is 1.71. The van der Waals surface area contributed by atoms with Crippen LogP contribution in [0.1, 0.15) is 29.9 Å². The number of hydrogen-bond donors (Lipinski definition) is 0. The van der Waals surface area contributed by atoms with Crippen LogP contribution < -0.4 is 4.74 Å². The third kappa shape index (κ3) is 2.77. The molecule has 0 saturated carbocycles. The number of hydrogen-bond acceptors (Lipinski definition) is 1. The van der Waals surface area contributed by atoms with Crippen LogP contribution in [0.25, 0.3) is 0 Å². The van der Waals surface area contributed by atoms with E-state index in [0.29, 0.717) is 5.92 Å². The number of rotatable bonds is 4. The summed E-state index contributed by atoms with van der Waals surface area (Å²) in [6, 6.07) is 19.3. The third-order valence-corrected chi connectivity index (χ3v) is 4.08. The average Bonchev–Trinajstić information content (AvgIpc) is 2.97. The lowest BCUT2D eigenvalue weighted by molar-refractivity contribution is 0.414. The molecule has 0 heterocycles. The molecule has 0 N–H and O–H groups in total. The van der Waals surface area contributed by atoms with Crippen molar-refractivity contribution in [2.24, 2.45) is 0 Å². The first-order chi connectivity index (χ1) is 9.86. The van der Waals surface area contributed by atoms with Crippen molar-refractivity contribution < 1.29 is 4.74 Å². The van der Waals surface area contributed by atoms with Crippen LogP contribution in [0.5, 0.6) is 5.75 Å². The van der Waals surface area contributed by atoms with Gasteiger partial charge in [-0.15, -0.1) is 0 Å². The highest BCUT2D eigenvalue weighted by Gasteiger charge is 2.20. The van der Waals surface area contributed by atoms with Crippen molar-refractivity contribution in [2.75, 3.05) is 7.11 Å². The van der Waals surface area contributed by atoms with Crippen molar-refractivity contribution in [1.29, 1.82) is 0 Å². The molecule has 0 radical (unpaired) electrons. The Bertz CT molecular complexity index is 581. The topological polar surface area (TPSA) is 9.23 Å². The normalized spacial score (nSPS) is 17.9. The van der Waals surface area contributed by atoms with Gasteiger partial charge in [0, 0.05) is 5.92 Å². The van der Waals surface area contributed by atoms with Crippen molar-refractivity contribution in [3.8, 4) is 5.75 Å². The highest BCUT2D eigenvalue weighted by atomic mass is 16.5. The Morgan fingerprint density at radius 1 is 1.00 bits per heavy atom. The van der Waals surface area contributed by atoms with E-state index in [0.717, 1.165) is 12.2 Å². The molecule has 20 heavy (non-hydrogen) atoms. The molecule has 1 nitrogen and oxygen atoms in total. The molecular formula is C19H20O. The first-order valence-corrected chi connectivity index (χ1v) is 7.23. The molecule has 1 atom stereocenters. The Morgan fingerprint density at radius 2 is 1.75 bits per heavy atom. The largest absolute Gasteiger partial charge is 0.497 e. The van der Waals surface area contributed by atoms with E-state index in [1.165, 1.54) is 24.0 Å². The highest BCUT2D eigenvalue weighted by Crippen LogP contribution is 2.36. The summed E-state index contributed by atoms with van der Waals surface area (Å²) in [6.45, 7) is 0. The molecule has 1 unspecified atom stereocenters. The van der Waals surface area contributed by atoms with Gasteiger partial charge in [0.05, 0.1) is 7.11 Å². The summed E-state index contributed by atoms with van der Waals surface area (Å²) >= 11 is 0. The van der Waals surface area contributed by atoms with Crippen LogP contribution in [0, 0.1) is 0 Å². The SMILES string of the molecule is COc1ccc(CC2=CCCC2c2ccccc2)cc1. The van der Waals surface area contributed by atoms with Crippen molar-refractivity contribution >= 4 is 0 Å². The molecule has 1 aliphatic carbocycles. The average molecular weight is 264 g/mol. The van der Waals surface area contributed by atoms with Gasteiger partial charge in [0.1, 0.15) is 5.75 Å². The lowest BCUT2D eigenvalue weighted by Gasteiger charge is -2.16. The van der Waals surface area contributed by atoms with E-state index >= 15 is 0 Å². The molecule has 0 aliphatic heterocycles. The summed E-state index contributed by atoms with van der Waals surface area (Å²) in [5.41, 5.74) is 4.37. The molecule has 0 fully saturated rings. The van der Waals surface area contributed by atoms with Crippen LogP contribution in [0.15, 0.2) is 66.2 Å². The molecule has 0 aromatic heterocycles. The van der Waals surface area contributed by atoms with Gasteiger partial charge in [-0.1, -0.05) is 54.1 Å². The van der Waals surface area contributed by atoms with E-state index in [1.54, 1.807) is 12.7 Å². The van der Waals surface area contributed by atoms with E-state index in [9.17, 15) is 0 Å². The van der Waals surface area contributed by atoms with Crippen molar-refractivity contribution in [3.63, 3.8) is 0 Å². The third-order valence-electron chi connectivity index (χ3n) is 4.08. The molecule has 3 rings (SSSR count). The minimum absolute atomic E-state index is 0.596. The number of allylic oxidation sites excluding steroid dienone is 2. The summed E-state index contributed by atoms with van der Waals surface area (Å²) in [5.74, 6) is 1.52. The maximum absolute atomic E-state index is 5.21. The van der Waals surface area contributed by atoms with Crippen LogP contribution in [-0.4, -0.2) is 7.11 Å². The molecule has 2 aromatic rings. The fraction of sp³-hybridized carbons (Fsp3) is 0.263. The predicted octanol–water partition coefficient (Wildman–Crippen LogP) is 4.74.